The van der Waals surface area contributed by atoms with E-state index in [1.165, 1.54) is 5.57 Å². The normalized spacial score (nSPS) is 12.4. The molecule has 0 aromatic carbocycles. The van der Waals surface area contributed by atoms with E-state index in [1.54, 1.807) is 6.08 Å². The minimum Gasteiger partial charge on any atom is -0.327 e. The zero-order valence-corrected chi connectivity index (χ0v) is 6.51. The summed E-state index contributed by atoms with van der Waals surface area (Å²) in [6.45, 7) is 6.30. The predicted molar refractivity (Wildman–Crippen MR) is 46.8 cm³/mol. The van der Waals surface area contributed by atoms with Gasteiger partial charge in [-0.15, -0.1) is 0 Å². The van der Waals surface area contributed by atoms with Crippen molar-refractivity contribution in [2.24, 2.45) is 5.73 Å². The zero-order chi connectivity index (χ0) is 7.82. The van der Waals surface area contributed by atoms with Gasteiger partial charge in [0.05, 0.1) is 0 Å². The van der Waals surface area contributed by atoms with Crippen LogP contribution in [-0.2, 0) is 0 Å². The molecule has 10 heavy (non-hydrogen) atoms. The van der Waals surface area contributed by atoms with Crippen LogP contribution in [0.25, 0.3) is 0 Å². The van der Waals surface area contributed by atoms with Crippen LogP contribution in [0.1, 0.15) is 13.3 Å². The van der Waals surface area contributed by atoms with Gasteiger partial charge in [-0.05, 0) is 13.3 Å². The summed E-state index contributed by atoms with van der Waals surface area (Å²) >= 11 is 0. The van der Waals surface area contributed by atoms with Gasteiger partial charge < -0.3 is 5.73 Å². The molecule has 1 nitrogen and oxygen atoms in total. The van der Waals surface area contributed by atoms with Gasteiger partial charge in [0.15, 0.2) is 0 Å². The van der Waals surface area contributed by atoms with Crippen LogP contribution in [0.15, 0.2) is 36.5 Å². The topological polar surface area (TPSA) is 26.0 Å². The van der Waals surface area contributed by atoms with Gasteiger partial charge in [-0.2, -0.15) is 0 Å². The van der Waals surface area contributed by atoms with Crippen LogP contribution in [0.2, 0.25) is 0 Å². The molecule has 1 heteroatoms. The van der Waals surface area contributed by atoms with Crippen LogP contribution in [0, 0.1) is 0 Å². The lowest BCUT2D eigenvalue weighted by molar-refractivity contribution is 1.17. The molecule has 0 saturated heterocycles. The average Bonchev–Trinajstić information content (AvgIpc) is 1.89. The van der Waals surface area contributed by atoms with Crippen LogP contribution in [-0.4, -0.2) is 6.54 Å². The molecule has 0 fully saturated rings. The summed E-state index contributed by atoms with van der Waals surface area (Å²) in [5.41, 5.74) is 6.57. The number of allylic oxidation sites excluding steroid dienone is 4. The van der Waals surface area contributed by atoms with E-state index in [0.29, 0.717) is 6.54 Å². The fourth-order valence-corrected chi connectivity index (χ4v) is 0.635. The van der Waals surface area contributed by atoms with E-state index in [0.717, 1.165) is 6.42 Å². The van der Waals surface area contributed by atoms with E-state index in [4.69, 9.17) is 5.73 Å². The van der Waals surface area contributed by atoms with Crippen molar-refractivity contribution in [1.82, 2.24) is 0 Å². The van der Waals surface area contributed by atoms with Crippen LogP contribution >= 0.6 is 0 Å². The highest BCUT2D eigenvalue weighted by Crippen LogP contribution is 1.99. The summed E-state index contributed by atoms with van der Waals surface area (Å²) in [7, 11) is 0. The second kappa shape index (κ2) is 6.30. The number of hydrogen-bond acceptors (Lipinski definition) is 1. The second-order valence-electron chi connectivity index (χ2n) is 2.16. The molecular weight excluding hydrogens is 122 g/mol. The molecule has 0 aliphatic rings. The summed E-state index contributed by atoms with van der Waals surface area (Å²) < 4.78 is 0. The third-order valence-corrected chi connectivity index (χ3v) is 1.14. The van der Waals surface area contributed by atoms with Crippen LogP contribution in [0.5, 0.6) is 0 Å². The van der Waals surface area contributed by atoms with E-state index in [9.17, 15) is 0 Å². The maximum atomic E-state index is 5.26. The van der Waals surface area contributed by atoms with Crippen molar-refractivity contribution >= 4 is 0 Å². The molecule has 0 aromatic rings. The number of rotatable bonds is 4. The van der Waals surface area contributed by atoms with E-state index in [1.807, 2.05) is 12.2 Å². The predicted octanol–water partition coefficient (Wildman–Crippen LogP) is 2.02. The lowest BCUT2D eigenvalue weighted by atomic mass is 10.2. The Balaban J connectivity index is 3.57. The molecule has 0 rings (SSSR count). The first-order valence-electron chi connectivity index (χ1n) is 3.44. The Morgan fingerprint density at radius 1 is 1.50 bits per heavy atom. The number of hydrogen-bond donors (Lipinski definition) is 1. The summed E-state index contributed by atoms with van der Waals surface area (Å²) in [5, 5.41) is 0. The van der Waals surface area contributed by atoms with Gasteiger partial charge in [-0.25, -0.2) is 0 Å². The third kappa shape index (κ3) is 5.32. The molecule has 56 valence electrons. The van der Waals surface area contributed by atoms with Crippen molar-refractivity contribution < 1.29 is 0 Å². The Hall–Kier alpha value is -0.820. The highest BCUT2D eigenvalue weighted by Gasteiger charge is 1.80. The molecule has 0 aliphatic heterocycles. The first-order valence-corrected chi connectivity index (χ1v) is 3.44. The van der Waals surface area contributed by atoms with Gasteiger partial charge >= 0.3 is 0 Å². The van der Waals surface area contributed by atoms with Crippen molar-refractivity contribution in [3.8, 4) is 0 Å². The molecule has 0 unspecified atom stereocenters. The van der Waals surface area contributed by atoms with Crippen molar-refractivity contribution in [3.63, 3.8) is 0 Å². The van der Waals surface area contributed by atoms with Gasteiger partial charge in [0.1, 0.15) is 0 Å². The summed E-state index contributed by atoms with van der Waals surface area (Å²) in [4.78, 5) is 0. The maximum Gasteiger partial charge on any atom is 0.0106 e. The molecule has 0 amide bonds. The van der Waals surface area contributed by atoms with Crippen LogP contribution in [0.4, 0.5) is 0 Å². The van der Waals surface area contributed by atoms with Gasteiger partial charge in [0, 0.05) is 6.54 Å². The smallest absolute Gasteiger partial charge is 0.0106 e. The lowest BCUT2D eigenvalue weighted by Gasteiger charge is -1.90. The lowest BCUT2D eigenvalue weighted by Crippen LogP contribution is -1.91. The fourth-order valence-electron chi connectivity index (χ4n) is 0.635. The monoisotopic (exact) mass is 137 g/mol. The molecule has 0 heterocycles. The van der Waals surface area contributed by atoms with Gasteiger partial charge in [-0.1, -0.05) is 36.5 Å². The summed E-state index contributed by atoms with van der Waals surface area (Å²) in [6.07, 6.45) is 8.80. The van der Waals surface area contributed by atoms with E-state index in [-0.39, 0.29) is 0 Å². The molecule has 0 radical (unpaired) electrons. The molecule has 0 saturated carbocycles. The minimum absolute atomic E-state index is 0.626. The van der Waals surface area contributed by atoms with Crippen molar-refractivity contribution in [2.45, 2.75) is 13.3 Å². The largest absolute Gasteiger partial charge is 0.327 e. The van der Waals surface area contributed by atoms with E-state index < -0.39 is 0 Å². The van der Waals surface area contributed by atoms with Crippen molar-refractivity contribution in [1.29, 1.82) is 0 Å². The standard InChI is InChI=1S/C9H15N/c1-3-6-9(2)7-4-5-8-10/h3-6H,1,7-8,10H2,2H3/b5-4-,9-6-. The molecule has 0 atom stereocenters. The molecule has 0 aromatic heterocycles. The average molecular weight is 137 g/mol. The van der Waals surface area contributed by atoms with Gasteiger partial charge in [-0.3, -0.25) is 0 Å². The fraction of sp³-hybridized carbons (Fsp3) is 0.333. The Bertz CT molecular complexity index is 143. The first kappa shape index (κ1) is 9.18. The highest BCUT2D eigenvalue weighted by molar-refractivity contribution is 5.11. The molecular formula is C9H15N. The van der Waals surface area contributed by atoms with Gasteiger partial charge in [0.25, 0.3) is 0 Å². The quantitative estimate of drug-likeness (QED) is 0.465. The van der Waals surface area contributed by atoms with Crippen molar-refractivity contribution in [2.75, 3.05) is 6.54 Å². The Kier molecular flexibility index (Phi) is 5.79. The van der Waals surface area contributed by atoms with Gasteiger partial charge in [0.2, 0.25) is 0 Å². The summed E-state index contributed by atoms with van der Waals surface area (Å²) in [5.74, 6) is 0. The van der Waals surface area contributed by atoms with Crippen LogP contribution in [0.3, 0.4) is 0 Å². The third-order valence-electron chi connectivity index (χ3n) is 1.14. The van der Waals surface area contributed by atoms with E-state index in [2.05, 4.69) is 19.6 Å². The van der Waals surface area contributed by atoms with E-state index >= 15 is 0 Å². The Morgan fingerprint density at radius 2 is 2.20 bits per heavy atom. The van der Waals surface area contributed by atoms with Crippen LogP contribution < -0.4 is 5.73 Å². The minimum atomic E-state index is 0.626. The Labute approximate surface area is 62.9 Å². The zero-order valence-electron chi connectivity index (χ0n) is 6.51. The molecule has 0 aliphatic carbocycles. The SMILES string of the molecule is C=C/C=C(/C)C/C=C\CN. The van der Waals surface area contributed by atoms with Crippen molar-refractivity contribution in [3.05, 3.63) is 36.5 Å². The molecule has 0 spiro atoms. The maximum absolute atomic E-state index is 5.26. The number of nitrogens with two attached hydrogens (primary N) is 1. The second-order valence-corrected chi connectivity index (χ2v) is 2.16. The highest BCUT2D eigenvalue weighted by atomic mass is 14.5. The first-order chi connectivity index (χ1) is 4.81. The molecule has 2 N–H and O–H groups in total. The molecule has 0 bridgehead atoms. The Morgan fingerprint density at radius 3 is 2.70 bits per heavy atom. The summed E-state index contributed by atoms with van der Waals surface area (Å²) in [6, 6.07) is 0.